The summed E-state index contributed by atoms with van der Waals surface area (Å²) in [5.74, 6) is -0.162. The Morgan fingerprint density at radius 2 is 1.50 bits per heavy atom. The topological polar surface area (TPSA) is 37.4 Å². The van der Waals surface area contributed by atoms with Crippen LogP contribution in [0.5, 0.6) is 0 Å². The van der Waals surface area contributed by atoms with Crippen LogP contribution in [0.25, 0.3) is 6.08 Å². The highest BCUT2D eigenvalue weighted by Crippen LogP contribution is 2.30. The summed E-state index contributed by atoms with van der Waals surface area (Å²) in [5.41, 5.74) is 5.13. The number of aldehydes is 1. The molecule has 2 aromatic rings. The first kappa shape index (κ1) is 28.1. The lowest BCUT2D eigenvalue weighted by molar-refractivity contribution is -0.112. The zero-order valence-corrected chi connectivity index (χ0v) is 20.9. The van der Waals surface area contributed by atoms with Crippen molar-refractivity contribution in [3.63, 3.8) is 0 Å². The summed E-state index contributed by atoms with van der Waals surface area (Å²) in [5, 5.41) is 0. The number of ketones is 1. The molecule has 2 aromatic carbocycles. The Labute approximate surface area is 204 Å². The van der Waals surface area contributed by atoms with Gasteiger partial charge in [0.05, 0.1) is 0 Å². The van der Waals surface area contributed by atoms with E-state index in [9.17, 15) is 9.59 Å². The molecule has 0 amide bonds. The van der Waals surface area contributed by atoms with Crippen molar-refractivity contribution in [3.05, 3.63) is 126 Å². The smallest absolute Gasteiger partial charge is 0.189 e. The fourth-order valence-corrected chi connectivity index (χ4v) is 3.24. The average Bonchev–Trinajstić information content (AvgIpc) is 2.88. The number of rotatable bonds is 10. The number of para-hydroxylation sites is 1. The van der Waals surface area contributed by atoms with Crippen molar-refractivity contribution in [3.8, 4) is 0 Å². The van der Waals surface area contributed by atoms with Gasteiger partial charge in [0.25, 0.3) is 0 Å². The van der Waals surface area contributed by atoms with E-state index in [2.05, 4.69) is 18.1 Å². The minimum atomic E-state index is -0.162. The Kier molecular flexibility index (Phi) is 12.3. The molecular weight excluding hydrogens is 418 g/mol. The maximum absolute atomic E-state index is 12.8. The van der Waals surface area contributed by atoms with Gasteiger partial charge in [-0.2, -0.15) is 0 Å². The van der Waals surface area contributed by atoms with Gasteiger partial charge in [0.2, 0.25) is 0 Å². The highest BCUT2D eigenvalue weighted by atomic mass is 16.1. The summed E-state index contributed by atoms with van der Waals surface area (Å²) in [6.07, 6.45) is 11.4. The predicted octanol–water partition coefficient (Wildman–Crippen LogP) is 8.17. The van der Waals surface area contributed by atoms with Gasteiger partial charge < -0.3 is 4.90 Å². The van der Waals surface area contributed by atoms with Crippen LogP contribution in [0.15, 0.2) is 121 Å². The number of nitrogens with zero attached hydrogens (tertiary/aromatic N) is 1. The second-order valence-corrected chi connectivity index (χ2v) is 7.16. The third-order valence-corrected chi connectivity index (χ3v) is 4.84. The molecule has 3 heteroatoms. The Morgan fingerprint density at radius 3 is 2.00 bits per heavy atom. The minimum Gasteiger partial charge on any atom is -0.311 e. The highest BCUT2D eigenvalue weighted by Gasteiger charge is 2.14. The van der Waals surface area contributed by atoms with Gasteiger partial charge in [0, 0.05) is 22.6 Å². The third-order valence-electron chi connectivity index (χ3n) is 4.84. The average molecular weight is 454 g/mol. The van der Waals surface area contributed by atoms with Gasteiger partial charge in [-0.3, -0.25) is 9.59 Å². The van der Waals surface area contributed by atoms with Crippen LogP contribution in [0.3, 0.4) is 0 Å². The van der Waals surface area contributed by atoms with Crippen molar-refractivity contribution < 1.29 is 9.59 Å². The van der Waals surface area contributed by atoms with Crippen LogP contribution in [0.4, 0.5) is 11.4 Å². The van der Waals surface area contributed by atoms with Crippen molar-refractivity contribution in [1.29, 1.82) is 0 Å². The molecule has 0 fully saturated rings. The van der Waals surface area contributed by atoms with Gasteiger partial charge in [-0.05, 0) is 80.0 Å². The summed E-state index contributed by atoms with van der Waals surface area (Å²) >= 11 is 0. The Bertz CT molecular complexity index is 1100. The molecule has 176 valence electrons. The van der Waals surface area contributed by atoms with Gasteiger partial charge in [-0.15, -0.1) is 0 Å². The molecule has 34 heavy (non-hydrogen) atoms. The first-order chi connectivity index (χ1) is 16.5. The Hall–Kier alpha value is -3.98. The second kappa shape index (κ2) is 15.0. The zero-order valence-electron chi connectivity index (χ0n) is 20.9. The summed E-state index contributed by atoms with van der Waals surface area (Å²) in [7, 11) is 0. The molecule has 0 aromatic heterocycles. The van der Waals surface area contributed by atoms with E-state index in [1.165, 1.54) is 0 Å². The molecule has 0 saturated heterocycles. The van der Waals surface area contributed by atoms with E-state index in [1.807, 2.05) is 87.5 Å². The predicted molar refractivity (Wildman–Crippen MR) is 147 cm³/mol. The largest absolute Gasteiger partial charge is 0.311 e. The van der Waals surface area contributed by atoms with Crippen LogP contribution in [0.2, 0.25) is 0 Å². The summed E-state index contributed by atoms with van der Waals surface area (Å²) in [6.45, 7) is 17.0. The lowest BCUT2D eigenvalue weighted by atomic mass is 9.98. The molecule has 2 rings (SSSR count). The molecular formula is C31H35NO2. The van der Waals surface area contributed by atoms with Crippen LogP contribution in [-0.2, 0) is 9.59 Å². The van der Waals surface area contributed by atoms with Crippen LogP contribution in [-0.4, -0.2) is 12.1 Å². The van der Waals surface area contributed by atoms with Crippen molar-refractivity contribution in [1.82, 2.24) is 0 Å². The molecule has 0 N–H and O–H groups in total. The summed E-state index contributed by atoms with van der Waals surface area (Å²) in [4.78, 5) is 26.1. The monoisotopic (exact) mass is 453 g/mol. The molecule has 0 radical (unpaired) electrons. The normalized spacial score (nSPS) is 12.3. The maximum Gasteiger partial charge on any atom is 0.189 e. The fourth-order valence-electron chi connectivity index (χ4n) is 3.24. The molecule has 0 aliphatic rings. The van der Waals surface area contributed by atoms with E-state index in [-0.39, 0.29) is 5.78 Å². The van der Waals surface area contributed by atoms with Gasteiger partial charge in [0.15, 0.2) is 5.78 Å². The number of benzene rings is 2. The van der Waals surface area contributed by atoms with Crippen LogP contribution in [0.1, 0.15) is 40.2 Å². The SMILES string of the molecule is C=C/C=C(\C=C)N(c1ccccc1)c1ccc(/C=C(/C)C(=O)C(/C=C\C)=C(/C)C=O)cc1.CC. The first-order valence-corrected chi connectivity index (χ1v) is 11.4. The molecule has 0 saturated carbocycles. The standard InChI is InChI=1S/C29H29NO2.C2H6/c1-6-12-25(8-3)30(26-14-10-9-11-15-26)27-18-16-24(17-19-27)20-22(4)29(32)28(13-7-2)23(5)21-31;1-2/h6-21H,1,3H2,2,4-5H3;1-2H3/b13-7-,22-20-,25-12+,28-23-;. The van der Waals surface area contributed by atoms with Crippen molar-refractivity contribution in [2.75, 3.05) is 4.90 Å². The quantitative estimate of drug-likeness (QED) is 0.207. The lowest BCUT2D eigenvalue weighted by Crippen LogP contribution is -2.14. The van der Waals surface area contributed by atoms with Gasteiger partial charge in [0.1, 0.15) is 6.29 Å². The molecule has 0 aliphatic heterocycles. The van der Waals surface area contributed by atoms with E-state index in [4.69, 9.17) is 0 Å². The lowest BCUT2D eigenvalue weighted by Gasteiger charge is -2.26. The number of allylic oxidation sites excluding steroid dienone is 8. The number of carbonyl (C=O) groups is 2. The highest BCUT2D eigenvalue weighted by molar-refractivity contribution is 6.14. The van der Waals surface area contributed by atoms with Crippen LogP contribution >= 0.6 is 0 Å². The fraction of sp³-hybridized carbons (Fsp3) is 0.161. The number of hydrogen-bond acceptors (Lipinski definition) is 3. The van der Waals surface area contributed by atoms with Crippen LogP contribution in [0, 0.1) is 0 Å². The molecule has 3 nitrogen and oxygen atoms in total. The van der Waals surface area contributed by atoms with E-state index in [1.54, 1.807) is 38.2 Å². The number of carbonyl (C=O) groups excluding carboxylic acids is 2. The number of Topliss-reactive ketones (excluding diaryl/α,β-unsaturated/α-hetero) is 1. The van der Waals surface area contributed by atoms with Gasteiger partial charge in [-0.25, -0.2) is 0 Å². The molecule has 0 spiro atoms. The summed E-state index contributed by atoms with van der Waals surface area (Å²) in [6, 6.07) is 17.9. The third kappa shape index (κ3) is 7.56. The molecule has 0 heterocycles. The van der Waals surface area contributed by atoms with Crippen molar-refractivity contribution in [2.24, 2.45) is 0 Å². The van der Waals surface area contributed by atoms with Gasteiger partial charge in [-0.1, -0.05) is 75.6 Å². The molecule has 0 atom stereocenters. The van der Waals surface area contributed by atoms with Crippen molar-refractivity contribution in [2.45, 2.75) is 34.6 Å². The van der Waals surface area contributed by atoms with E-state index < -0.39 is 0 Å². The first-order valence-electron chi connectivity index (χ1n) is 11.4. The number of hydrogen-bond donors (Lipinski definition) is 0. The molecule has 0 bridgehead atoms. The van der Waals surface area contributed by atoms with Crippen molar-refractivity contribution >= 4 is 29.5 Å². The summed E-state index contributed by atoms with van der Waals surface area (Å²) < 4.78 is 0. The van der Waals surface area contributed by atoms with Gasteiger partial charge >= 0.3 is 0 Å². The van der Waals surface area contributed by atoms with E-state index in [0.29, 0.717) is 23.0 Å². The Morgan fingerprint density at radius 1 is 0.912 bits per heavy atom. The van der Waals surface area contributed by atoms with E-state index >= 15 is 0 Å². The molecule has 0 unspecified atom stereocenters. The number of anilines is 2. The maximum atomic E-state index is 12.8. The zero-order chi connectivity index (χ0) is 25.5. The van der Waals surface area contributed by atoms with Crippen LogP contribution < -0.4 is 4.90 Å². The Balaban J connectivity index is 0.00000281. The second-order valence-electron chi connectivity index (χ2n) is 7.16. The molecule has 0 aliphatic carbocycles. The van der Waals surface area contributed by atoms with E-state index in [0.717, 1.165) is 22.6 Å². The minimum absolute atomic E-state index is 0.162.